The molecule has 1 atom stereocenters. The molecule has 1 heterocycles. The van der Waals surface area contributed by atoms with E-state index in [0.29, 0.717) is 0 Å². The van der Waals surface area contributed by atoms with Crippen molar-refractivity contribution in [2.24, 2.45) is 0 Å². The third-order valence-electron chi connectivity index (χ3n) is 2.49. The fourth-order valence-electron chi connectivity index (χ4n) is 1.72. The maximum atomic E-state index is 9.71. The third kappa shape index (κ3) is 1.42. The van der Waals surface area contributed by atoms with Crippen LogP contribution in [0.15, 0.2) is 18.2 Å². The highest BCUT2D eigenvalue weighted by Gasteiger charge is 2.19. The van der Waals surface area contributed by atoms with Gasteiger partial charge >= 0.3 is 0 Å². The number of benzene rings is 1. The number of aliphatic hydroxyl groups is 1. The maximum absolute atomic E-state index is 9.71. The van der Waals surface area contributed by atoms with Gasteiger partial charge in [-0.1, -0.05) is 25.1 Å². The summed E-state index contributed by atoms with van der Waals surface area (Å²) in [6, 6.07) is 5.99. The number of rotatable bonds is 2. The second-order valence-corrected chi connectivity index (χ2v) is 3.36. The quantitative estimate of drug-likeness (QED) is 0.751. The molecule has 13 heavy (non-hydrogen) atoms. The van der Waals surface area contributed by atoms with E-state index in [1.807, 2.05) is 19.1 Å². The zero-order valence-corrected chi connectivity index (χ0v) is 7.79. The molecule has 0 saturated carbocycles. The van der Waals surface area contributed by atoms with Gasteiger partial charge in [-0.05, 0) is 12.0 Å². The molecular weight excluding hydrogens is 164 g/mol. The van der Waals surface area contributed by atoms with E-state index in [1.165, 1.54) is 5.56 Å². The molecule has 0 spiro atoms. The van der Waals surface area contributed by atoms with Crippen LogP contribution in [0.25, 0.3) is 0 Å². The third-order valence-corrected chi connectivity index (χ3v) is 2.49. The molecule has 1 unspecified atom stereocenters. The zero-order chi connectivity index (χ0) is 9.26. The van der Waals surface area contributed by atoms with E-state index in [-0.39, 0.29) is 6.10 Å². The van der Waals surface area contributed by atoms with E-state index >= 15 is 0 Å². The Bertz CT molecular complexity index is 307. The van der Waals surface area contributed by atoms with Crippen LogP contribution < -0.4 is 4.74 Å². The van der Waals surface area contributed by atoms with Crippen molar-refractivity contribution in [2.45, 2.75) is 25.9 Å². The molecule has 1 aromatic rings. The topological polar surface area (TPSA) is 29.5 Å². The van der Waals surface area contributed by atoms with Gasteiger partial charge in [-0.15, -0.1) is 0 Å². The van der Waals surface area contributed by atoms with Gasteiger partial charge in [-0.3, -0.25) is 0 Å². The van der Waals surface area contributed by atoms with Gasteiger partial charge in [-0.2, -0.15) is 0 Å². The Hall–Kier alpha value is -1.02. The standard InChI is InChI=1S/C11H14O2/c1-2-10(12)9-5-3-4-8-6-7-13-11(8)9/h3-5,10,12H,2,6-7H2,1H3. The second-order valence-electron chi connectivity index (χ2n) is 3.36. The van der Waals surface area contributed by atoms with Crippen molar-refractivity contribution in [1.82, 2.24) is 0 Å². The second kappa shape index (κ2) is 3.38. The Morgan fingerprint density at radius 1 is 1.54 bits per heavy atom. The summed E-state index contributed by atoms with van der Waals surface area (Å²) in [6.45, 7) is 2.72. The largest absolute Gasteiger partial charge is 0.493 e. The molecule has 70 valence electrons. The molecule has 0 bridgehead atoms. The maximum Gasteiger partial charge on any atom is 0.128 e. The first-order valence-electron chi connectivity index (χ1n) is 4.75. The van der Waals surface area contributed by atoms with Crippen molar-refractivity contribution in [3.05, 3.63) is 29.3 Å². The fourth-order valence-corrected chi connectivity index (χ4v) is 1.72. The molecule has 0 saturated heterocycles. The average Bonchev–Trinajstić information content (AvgIpc) is 2.63. The minimum absolute atomic E-state index is 0.381. The molecular formula is C11H14O2. The van der Waals surface area contributed by atoms with Crippen molar-refractivity contribution in [3.8, 4) is 5.75 Å². The summed E-state index contributed by atoms with van der Waals surface area (Å²) in [5, 5.41) is 9.71. The summed E-state index contributed by atoms with van der Waals surface area (Å²) in [5.74, 6) is 0.914. The van der Waals surface area contributed by atoms with E-state index in [1.54, 1.807) is 0 Å². The van der Waals surface area contributed by atoms with Gasteiger partial charge in [0.15, 0.2) is 0 Å². The fraction of sp³-hybridized carbons (Fsp3) is 0.455. The first-order valence-corrected chi connectivity index (χ1v) is 4.75. The monoisotopic (exact) mass is 178 g/mol. The van der Waals surface area contributed by atoms with Crippen LogP contribution in [0.5, 0.6) is 5.75 Å². The SMILES string of the molecule is CCC(O)c1cccc2c1OCC2. The lowest BCUT2D eigenvalue weighted by atomic mass is 10.0. The van der Waals surface area contributed by atoms with Gasteiger partial charge in [-0.25, -0.2) is 0 Å². The molecule has 1 aliphatic heterocycles. The Balaban J connectivity index is 2.41. The first kappa shape index (κ1) is 8.57. The van der Waals surface area contributed by atoms with Crippen LogP contribution in [0.1, 0.15) is 30.6 Å². The van der Waals surface area contributed by atoms with Crippen molar-refractivity contribution in [1.29, 1.82) is 0 Å². The number of ether oxygens (including phenoxy) is 1. The van der Waals surface area contributed by atoms with E-state index in [9.17, 15) is 5.11 Å². The van der Waals surface area contributed by atoms with E-state index in [0.717, 1.165) is 30.8 Å². The van der Waals surface area contributed by atoms with Gasteiger partial charge in [0.2, 0.25) is 0 Å². The Labute approximate surface area is 78.2 Å². The number of para-hydroxylation sites is 1. The predicted octanol–water partition coefficient (Wildman–Crippen LogP) is 2.06. The van der Waals surface area contributed by atoms with Gasteiger partial charge in [0.25, 0.3) is 0 Å². The van der Waals surface area contributed by atoms with Crippen LogP contribution in [-0.2, 0) is 6.42 Å². The van der Waals surface area contributed by atoms with Crippen LogP contribution in [0, 0.1) is 0 Å². The molecule has 0 radical (unpaired) electrons. The number of hydrogen-bond donors (Lipinski definition) is 1. The molecule has 2 heteroatoms. The van der Waals surface area contributed by atoms with Crippen LogP contribution in [-0.4, -0.2) is 11.7 Å². The smallest absolute Gasteiger partial charge is 0.128 e. The summed E-state index contributed by atoms with van der Waals surface area (Å²) in [6.07, 6.45) is 1.33. The zero-order valence-electron chi connectivity index (χ0n) is 7.79. The molecule has 2 nitrogen and oxygen atoms in total. The minimum Gasteiger partial charge on any atom is -0.493 e. The summed E-state index contributed by atoms with van der Waals surface area (Å²) < 4.78 is 5.49. The molecule has 0 fully saturated rings. The highest BCUT2D eigenvalue weighted by molar-refractivity contribution is 5.45. The van der Waals surface area contributed by atoms with Gasteiger partial charge in [0.05, 0.1) is 12.7 Å². The lowest BCUT2D eigenvalue weighted by Gasteiger charge is -2.12. The predicted molar refractivity (Wildman–Crippen MR) is 50.9 cm³/mol. The van der Waals surface area contributed by atoms with E-state index < -0.39 is 0 Å². The number of fused-ring (bicyclic) bond motifs is 1. The number of hydrogen-bond acceptors (Lipinski definition) is 2. The van der Waals surface area contributed by atoms with Crippen molar-refractivity contribution in [2.75, 3.05) is 6.61 Å². The van der Waals surface area contributed by atoms with Crippen LogP contribution in [0.2, 0.25) is 0 Å². The average molecular weight is 178 g/mol. The minimum atomic E-state index is -0.381. The van der Waals surface area contributed by atoms with E-state index in [2.05, 4.69) is 6.07 Å². The van der Waals surface area contributed by atoms with Gasteiger partial charge in [0, 0.05) is 12.0 Å². The molecule has 0 aliphatic carbocycles. The van der Waals surface area contributed by atoms with Crippen molar-refractivity contribution in [3.63, 3.8) is 0 Å². The number of aliphatic hydroxyl groups excluding tert-OH is 1. The summed E-state index contributed by atoms with van der Waals surface area (Å²) in [4.78, 5) is 0. The highest BCUT2D eigenvalue weighted by Crippen LogP contribution is 2.34. The summed E-state index contributed by atoms with van der Waals surface area (Å²) in [7, 11) is 0. The molecule has 1 N–H and O–H groups in total. The normalized spacial score (nSPS) is 16.5. The lowest BCUT2D eigenvalue weighted by molar-refractivity contribution is 0.169. The Morgan fingerprint density at radius 3 is 3.15 bits per heavy atom. The van der Waals surface area contributed by atoms with Crippen LogP contribution in [0.3, 0.4) is 0 Å². The molecule has 1 aliphatic rings. The Morgan fingerprint density at radius 2 is 2.38 bits per heavy atom. The van der Waals surface area contributed by atoms with Gasteiger partial charge in [0.1, 0.15) is 5.75 Å². The highest BCUT2D eigenvalue weighted by atomic mass is 16.5. The lowest BCUT2D eigenvalue weighted by Crippen LogP contribution is -1.98. The summed E-state index contributed by atoms with van der Waals surface area (Å²) in [5.41, 5.74) is 2.17. The van der Waals surface area contributed by atoms with Crippen LogP contribution in [0.4, 0.5) is 0 Å². The van der Waals surface area contributed by atoms with Gasteiger partial charge < -0.3 is 9.84 Å². The Kier molecular flexibility index (Phi) is 2.23. The molecule has 0 aromatic heterocycles. The molecule has 0 amide bonds. The summed E-state index contributed by atoms with van der Waals surface area (Å²) >= 11 is 0. The van der Waals surface area contributed by atoms with Crippen molar-refractivity contribution >= 4 is 0 Å². The van der Waals surface area contributed by atoms with Crippen LogP contribution >= 0.6 is 0 Å². The molecule has 1 aromatic carbocycles. The van der Waals surface area contributed by atoms with Crippen molar-refractivity contribution < 1.29 is 9.84 Å². The first-order chi connectivity index (χ1) is 6.33. The molecule has 2 rings (SSSR count). The van der Waals surface area contributed by atoms with E-state index in [4.69, 9.17) is 4.74 Å².